The van der Waals surface area contributed by atoms with Crippen LogP contribution in [-0.4, -0.2) is 50.2 Å². The van der Waals surface area contributed by atoms with Crippen molar-refractivity contribution in [3.8, 4) is 0 Å². The second-order valence-corrected chi connectivity index (χ2v) is 4.33. The zero-order chi connectivity index (χ0) is 15.1. The molecule has 110 valence electrons. The first-order valence-corrected chi connectivity index (χ1v) is 6.02. The molecular weight excluding hydrogens is 264 g/mol. The van der Waals surface area contributed by atoms with E-state index in [9.17, 15) is 14.9 Å². The van der Waals surface area contributed by atoms with Crippen LogP contribution in [0.15, 0.2) is 18.2 Å². The second kappa shape index (κ2) is 7.56. The lowest BCUT2D eigenvalue weighted by Gasteiger charge is -2.16. The summed E-state index contributed by atoms with van der Waals surface area (Å²) in [4.78, 5) is 23.9. The largest absolute Gasteiger partial charge is 0.465 e. The van der Waals surface area contributed by atoms with Gasteiger partial charge >= 0.3 is 5.97 Å². The van der Waals surface area contributed by atoms with Gasteiger partial charge in [-0.05, 0) is 18.7 Å². The summed E-state index contributed by atoms with van der Waals surface area (Å²) in [5.74, 6) is -0.710. The summed E-state index contributed by atoms with van der Waals surface area (Å²) in [6, 6.07) is 4.45. The maximum absolute atomic E-state index is 11.6. The minimum Gasteiger partial charge on any atom is -0.465 e. The number of benzene rings is 1. The molecule has 0 saturated carbocycles. The Morgan fingerprint density at radius 3 is 2.65 bits per heavy atom. The predicted octanol–water partition coefficient (Wildman–Crippen LogP) is 1.46. The third kappa shape index (κ3) is 4.29. The highest BCUT2D eigenvalue weighted by Gasteiger charge is 2.21. The first-order chi connectivity index (χ1) is 9.49. The summed E-state index contributed by atoms with van der Waals surface area (Å²) in [7, 11) is 4.72. The number of carbonyl (C=O) groups excluding carboxylic acids is 1. The van der Waals surface area contributed by atoms with E-state index in [4.69, 9.17) is 4.74 Å². The van der Waals surface area contributed by atoms with Crippen LogP contribution in [0.4, 0.5) is 5.69 Å². The molecule has 0 spiro atoms. The van der Waals surface area contributed by atoms with E-state index in [1.165, 1.54) is 19.2 Å². The molecule has 0 amide bonds. The summed E-state index contributed by atoms with van der Waals surface area (Å²) in [5.41, 5.74) is 0.518. The molecule has 0 aliphatic heterocycles. The number of rotatable bonds is 7. The average Bonchev–Trinajstić information content (AvgIpc) is 2.43. The molecule has 0 heterocycles. The van der Waals surface area contributed by atoms with Crippen molar-refractivity contribution in [2.45, 2.75) is 6.54 Å². The molecule has 0 unspecified atom stereocenters. The number of methoxy groups -OCH3 is 2. The van der Waals surface area contributed by atoms with Crippen molar-refractivity contribution in [1.82, 2.24) is 4.90 Å². The van der Waals surface area contributed by atoms with Gasteiger partial charge in [0.05, 0.1) is 18.6 Å². The summed E-state index contributed by atoms with van der Waals surface area (Å²) in [6.07, 6.45) is 0. The van der Waals surface area contributed by atoms with Gasteiger partial charge in [-0.15, -0.1) is 0 Å². The molecule has 7 heteroatoms. The van der Waals surface area contributed by atoms with Gasteiger partial charge in [-0.1, -0.05) is 6.07 Å². The molecule has 1 aromatic carbocycles. The van der Waals surface area contributed by atoms with Gasteiger partial charge in [0.1, 0.15) is 5.56 Å². The number of carbonyl (C=O) groups is 1. The lowest BCUT2D eigenvalue weighted by molar-refractivity contribution is -0.385. The van der Waals surface area contributed by atoms with Gasteiger partial charge in [-0.2, -0.15) is 0 Å². The fourth-order valence-corrected chi connectivity index (χ4v) is 1.75. The van der Waals surface area contributed by atoms with E-state index in [0.29, 0.717) is 13.2 Å². The lowest BCUT2D eigenvalue weighted by atomic mass is 10.1. The highest BCUT2D eigenvalue weighted by atomic mass is 16.6. The van der Waals surface area contributed by atoms with Gasteiger partial charge in [-0.25, -0.2) is 4.79 Å². The van der Waals surface area contributed by atoms with Crippen LogP contribution < -0.4 is 0 Å². The van der Waals surface area contributed by atoms with Gasteiger partial charge in [0, 0.05) is 26.3 Å². The van der Waals surface area contributed by atoms with E-state index in [1.54, 1.807) is 13.2 Å². The van der Waals surface area contributed by atoms with Gasteiger partial charge in [0.25, 0.3) is 5.69 Å². The van der Waals surface area contributed by atoms with Crippen LogP contribution in [-0.2, 0) is 16.0 Å². The number of hydrogen-bond donors (Lipinski definition) is 0. The van der Waals surface area contributed by atoms with Crippen LogP contribution in [0.1, 0.15) is 15.9 Å². The highest BCUT2D eigenvalue weighted by Crippen LogP contribution is 2.21. The normalized spacial score (nSPS) is 10.6. The van der Waals surface area contributed by atoms with Crippen molar-refractivity contribution in [1.29, 1.82) is 0 Å². The Morgan fingerprint density at radius 1 is 1.40 bits per heavy atom. The number of esters is 1. The second-order valence-electron chi connectivity index (χ2n) is 4.33. The molecule has 0 saturated heterocycles. The third-order valence-electron chi connectivity index (χ3n) is 2.79. The number of hydrogen-bond acceptors (Lipinski definition) is 6. The number of nitrogens with zero attached hydrogens (tertiary/aromatic N) is 2. The molecule has 7 nitrogen and oxygen atoms in total. The molecule has 0 atom stereocenters. The van der Waals surface area contributed by atoms with Crippen molar-refractivity contribution in [3.63, 3.8) is 0 Å². The lowest BCUT2D eigenvalue weighted by Crippen LogP contribution is -2.22. The molecular formula is C13H18N2O5. The van der Waals surface area contributed by atoms with Crippen LogP contribution in [0.5, 0.6) is 0 Å². The Hall–Kier alpha value is -1.99. The Bertz CT molecular complexity index is 490. The molecule has 1 aromatic rings. The van der Waals surface area contributed by atoms with Crippen LogP contribution in [0.2, 0.25) is 0 Å². The maximum Gasteiger partial charge on any atom is 0.344 e. The Labute approximate surface area is 117 Å². The standard InChI is InChI=1S/C13H18N2O5/c1-14(6-7-19-2)9-10-4-5-12(15(17)18)11(8-10)13(16)20-3/h4-5,8H,6-7,9H2,1-3H3. The number of ether oxygens (including phenoxy) is 2. The monoisotopic (exact) mass is 282 g/mol. The quantitative estimate of drug-likeness (QED) is 0.428. The molecule has 0 aromatic heterocycles. The van der Waals surface area contributed by atoms with Gasteiger partial charge in [0.15, 0.2) is 0 Å². The van der Waals surface area contributed by atoms with Crippen LogP contribution in [0.25, 0.3) is 0 Å². The van der Waals surface area contributed by atoms with Gasteiger partial charge in [-0.3, -0.25) is 15.0 Å². The Morgan fingerprint density at radius 2 is 2.10 bits per heavy atom. The maximum atomic E-state index is 11.6. The molecule has 0 radical (unpaired) electrons. The summed E-state index contributed by atoms with van der Waals surface area (Å²) in [5, 5.41) is 10.9. The number of likely N-dealkylation sites (N-methyl/N-ethyl adjacent to an activating group) is 1. The van der Waals surface area contributed by atoms with Gasteiger partial charge < -0.3 is 9.47 Å². The smallest absolute Gasteiger partial charge is 0.344 e. The fourth-order valence-electron chi connectivity index (χ4n) is 1.75. The molecule has 0 bridgehead atoms. The zero-order valence-electron chi connectivity index (χ0n) is 11.8. The molecule has 20 heavy (non-hydrogen) atoms. The summed E-state index contributed by atoms with van der Waals surface area (Å²) in [6.45, 7) is 1.87. The first-order valence-electron chi connectivity index (χ1n) is 6.02. The Balaban J connectivity index is 2.95. The van der Waals surface area contributed by atoms with Gasteiger partial charge in [0.2, 0.25) is 0 Å². The molecule has 0 aliphatic carbocycles. The first kappa shape index (κ1) is 16.1. The van der Waals surface area contributed by atoms with Crippen molar-refractivity contribution < 1.29 is 19.2 Å². The van der Waals surface area contributed by atoms with Crippen molar-refractivity contribution in [3.05, 3.63) is 39.4 Å². The minimum absolute atomic E-state index is 0.0323. The molecule has 0 fully saturated rings. The average molecular weight is 282 g/mol. The van der Waals surface area contributed by atoms with Crippen LogP contribution in [0.3, 0.4) is 0 Å². The zero-order valence-corrected chi connectivity index (χ0v) is 11.8. The van der Waals surface area contributed by atoms with E-state index in [1.807, 2.05) is 11.9 Å². The molecule has 0 aliphatic rings. The fraction of sp³-hybridized carbons (Fsp3) is 0.462. The van der Waals surface area contributed by atoms with Crippen molar-refractivity contribution >= 4 is 11.7 Å². The summed E-state index contributed by atoms with van der Waals surface area (Å²) >= 11 is 0. The van der Waals surface area contributed by atoms with Crippen LogP contribution in [0, 0.1) is 10.1 Å². The van der Waals surface area contributed by atoms with E-state index < -0.39 is 10.9 Å². The third-order valence-corrected chi connectivity index (χ3v) is 2.79. The SMILES string of the molecule is COCCN(C)Cc1ccc([N+](=O)[O-])c(C(=O)OC)c1. The van der Waals surface area contributed by atoms with Crippen molar-refractivity contribution in [2.75, 3.05) is 34.4 Å². The minimum atomic E-state index is -0.710. The molecule has 1 rings (SSSR count). The number of nitro groups is 1. The highest BCUT2D eigenvalue weighted by molar-refractivity contribution is 5.94. The van der Waals surface area contributed by atoms with Crippen molar-refractivity contribution in [2.24, 2.45) is 0 Å². The van der Waals surface area contributed by atoms with E-state index >= 15 is 0 Å². The van der Waals surface area contributed by atoms with Crippen LogP contribution >= 0.6 is 0 Å². The predicted molar refractivity (Wildman–Crippen MR) is 72.6 cm³/mol. The van der Waals surface area contributed by atoms with E-state index in [-0.39, 0.29) is 11.3 Å². The van der Waals surface area contributed by atoms with E-state index in [0.717, 1.165) is 12.1 Å². The Kier molecular flexibility index (Phi) is 6.08. The number of nitro benzene ring substituents is 1. The topological polar surface area (TPSA) is 81.9 Å². The van der Waals surface area contributed by atoms with E-state index in [2.05, 4.69) is 4.74 Å². The summed E-state index contributed by atoms with van der Waals surface area (Å²) < 4.78 is 9.55. The molecule has 0 N–H and O–H groups in total.